The molecule has 2 aliphatic heterocycles. The molecular weight excluding hydrogens is 320 g/mol. The number of fused-ring (bicyclic) bond motifs is 1. The van der Waals surface area contributed by atoms with E-state index in [0.717, 1.165) is 36.1 Å². The van der Waals surface area contributed by atoms with E-state index in [1.165, 1.54) is 6.42 Å². The number of nitrogens with one attached hydrogen (secondary N) is 1. The number of rotatable bonds is 3. The fourth-order valence-corrected chi connectivity index (χ4v) is 3.81. The Labute approximate surface area is 127 Å². The number of carbonyl (C=O) groups is 1. The van der Waals surface area contributed by atoms with Crippen molar-refractivity contribution in [3.8, 4) is 0 Å². The van der Waals surface area contributed by atoms with Crippen LogP contribution in [-0.2, 0) is 4.79 Å². The molecule has 2 heterocycles. The van der Waals surface area contributed by atoms with Crippen molar-refractivity contribution < 1.29 is 9.90 Å². The highest BCUT2D eigenvalue weighted by Crippen LogP contribution is 2.38. The van der Waals surface area contributed by atoms with Crippen LogP contribution in [0.25, 0.3) is 0 Å². The summed E-state index contributed by atoms with van der Waals surface area (Å²) in [6.07, 6.45) is 3.95. The minimum absolute atomic E-state index is 0.109. The molecule has 3 rings (SSSR count). The summed E-state index contributed by atoms with van der Waals surface area (Å²) in [6.45, 7) is 1.90. The maximum atomic E-state index is 12.0. The van der Waals surface area contributed by atoms with Crippen LogP contribution in [0, 0.1) is 0 Å². The number of carboxylic acid groups (broad SMARTS) is 1. The lowest BCUT2D eigenvalue weighted by Gasteiger charge is -2.39. The topological polar surface area (TPSA) is 52.6 Å². The summed E-state index contributed by atoms with van der Waals surface area (Å²) in [5.41, 5.74) is 0.0388. The van der Waals surface area contributed by atoms with E-state index in [4.69, 9.17) is 0 Å². The van der Waals surface area contributed by atoms with Crippen molar-refractivity contribution in [3.63, 3.8) is 0 Å². The number of hydrogen-bond donors (Lipinski definition) is 2. The van der Waals surface area contributed by atoms with Crippen LogP contribution >= 0.6 is 15.9 Å². The number of halogens is 1. The van der Waals surface area contributed by atoms with Gasteiger partial charge in [-0.25, -0.2) is 4.79 Å². The minimum Gasteiger partial charge on any atom is -0.479 e. The molecule has 0 spiro atoms. The summed E-state index contributed by atoms with van der Waals surface area (Å²) >= 11 is 3.40. The lowest BCUT2D eigenvalue weighted by Crippen LogP contribution is -2.57. The summed E-state index contributed by atoms with van der Waals surface area (Å²) in [5.74, 6) is -0.727. The number of carboxylic acids is 1. The van der Waals surface area contributed by atoms with Gasteiger partial charge in [-0.1, -0.05) is 22.4 Å². The zero-order valence-electron chi connectivity index (χ0n) is 11.3. The second-order valence-corrected chi connectivity index (χ2v) is 6.62. The molecule has 0 bridgehead atoms. The van der Waals surface area contributed by atoms with Crippen LogP contribution in [0.4, 0.5) is 5.69 Å². The zero-order chi connectivity index (χ0) is 14.2. The number of piperidine rings is 1. The highest BCUT2D eigenvalue weighted by Gasteiger charge is 2.53. The molecule has 1 aromatic rings. The summed E-state index contributed by atoms with van der Waals surface area (Å²) in [5, 5.41) is 13.1. The van der Waals surface area contributed by atoms with Gasteiger partial charge < -0.3 is 10.4 Å². The van der Waals surface area contributed by atoms with Crippen LogP contribution in [0.3, 0.4) is 0 Å². The zero-order valence-corrected chi connectivity index (χ0v) is 12.9. The van der Waals surface area contributed by atoms with E-state index in [-0.39, 0.29) is 6.04 Å². The third kappa shape index (κ3) is 2.33. The monoisotopic (exact) mass is 338 g/mol. The van der Waals surface area contributed by atoms with Crippen molar-refractivity contribution in [2.45, 2.75) is 37.3 Å². The Morgan fingerprint density at radius 1 is 1.30 bits per heavy atom. The second-order valence-electron chi connectivity index (χ2n) is 5.71. The number of nitrogens with zero attached hydrogens (tertiary/aromatic N) is 1. The Morgan fingerprint density at radius 2 is 2.05 bits per heavy atom. The summed E-state index contributed by atoms with van der Waals surface area (Å²) in [6, 6.07) is 7.84. The molecule has 2 saturated heterocycles. The average Bonchev–Trinajstić information content (AvgIpc) is 2.82. The predicted molar refractivity (Wildman–Crippen MR) is 82.0 cm³/mol. The van der Waals surface area contributed by atoms with Gasteiger partial charge in [-0.15, -0.1) is 0 Å². The Bertz CT molecular complexity index is 505. The van der Waals surface area contributed by atoms with Gasteiger partial charge in [0.1, 0.15) is 0 Å². The van der Waals surface area contributed by atoms with E-state index < -0.39 is 11.5 Å². The number of benzene rings is 1. The van der Waals surface area contributed by atoms with Crippen molar-refractivity contribution in [1.29, 1.82) is 0 Å². The molecule has 0 aliphatic carbocycles. The first-order chi connectivity index (χ1) is 9.62. The van der Waals surface area contributed by atoms with E-state index in [0.29, 0.717) is 6.42 Å². The Hall–Kier alpha value is -1.07. The van der Waals surface area contributed by atoms with Crippen LogP contribution < -0.4 is 5.32 Å². The van der Waals surface area contributed by atoms with Crippen LogP contribution in [0.2, 0.25) is 0 Å². The third-order valence-electron chi connectivity index (χ3n) is 4.57. The van der Waals surface area contributed by atoms with E-state index in [9.17, 15) is 9.90 Å². The van der Waals surface area contributed by atoms with Crippen molar-refractivity contribution in [3.05, 3.63) is 28.7 Å². The molecular formula is C15H19BrN2O2. The highest BCUT2D eigenvalue weighted by molar-refractivity contribution is 9.10. The van der Waals surface area contributed by atoms with Crippen LogP contribution in [0.15, 0.2) is 28.7 Å². The molecule has 0 aromatic heterocycles. The molecule has 108 valence electrons. The van der Waals surface area contributed by atoms with E-state index >= 15 is 0 Å². The molecule has 20 heavy (non-hydrogen) atoms. The molecule has 2 unspecified atom stereocenters. The molecule has 1 aromatic carbocycles. The Kier molecular flexibility index (Phi) is 3.73. The molecule has 2 fully saturated rings. The van der Waals surface area contributed by atoms with Gasteiger partial charge in [-0.2, -0.15) is 0 Å². The van der Waals surface area contributed by atoms with Crippen LogP contribution in [0.1, 0.15) is 25.7 Å². The average molecular weight is 339 g/mol. The van der Waals surface area contributed by atoms with Gasteiger partial charge >= 0.3 is 5.97 Å². The van der Waals surface area contributed by atoms with Gasteiger partial charge in [0.2, 0.25) is 0 Å². The molecule has 0 amide bonds. The number of anilines is 1. The third-order valence-corrected chi connectivity index (χ3v) is 5.10. The molecule has 4 nitrogen and oxygen atoms in total. The summed E-state index contributed by atoms with van der Waals surface area (Å²) in [7, 11) is 0. The van der Waals surface area contributed by atoms with Crippen molar-refractivity contribution in [2.75, 3.05) is 18.4 Å². The quantitative estimate of drug-likeness (QED) is 0.889. The first-order valence-electron chi connectivity index (χ1n) is 7.13. The van der Waals surface area contributed by atoms with Gasteiger partial charge in [0.25, 0.3) is 0 Å². The Morgan fingerprint density at radius 3 is 2.75 bits per heavy atom. The minimum atomic E-state index is -0.839. The van der Waals surface area contributed by atoms with Gasteiger partial charge in [0, 0.05) is 22.7 Å². The first-order valence-corrected chi connectivity index (χ1v) is 7.92. The second kappa shape index (κ2) is 5.37. The van der Waals surface area contributed by atoms with Gasteiger partial charge in [-0.05, 0) is 50.1 Å². The normalized spacial score (nSPS) is 29.9. The molecule has 2 aliphatic rings. The van der Waals surface area contributed by atoms with Gasteiger partial charge in [0.15, 0.2) is 5.54 Å². The van der Waals surface area contributed by atoms with E-state index in [2.05, 4.69) is 26.1 Å². The van der Waals surface area contributed by atoms with Crippen LogP contribution in [-0.4, -0.2) is 40.6 Å². The highest BCUT2D eigenvalue weighted by atomic mass is 79.9. The Balaban J connectivity index is 1.88. The fraction of sp³-hybridized carbons (Fsp3) is 0.533. The summed E-state index contributed by atoms with van der Waals surface area (Å²) < 4.78 is 0.998. The first kappa shape index (κ1) is 13.9. The maximum absolute atomic E-state index is 12.0. The number of hydrogen-bond acceptors (Lipinski definition) is 3. The van der Waals surface area contributed by atoms with Crippen LogP contribution in [0.5, 0.6) is 0 Å². The number of aliphatic carboxylic acids is 1. The SMILES string of the molecule is O=C(O)C1(Nc2ccc(Br)cc2)CCN2CCCCC21. The van der Waals surface area contributed by atoms with Crippen molar-refractivity contribution in [2.24, 2.45) is 0 Å². The standard InChI is InChI=1S/C15H19BrN2O2/c16-11-4-6-12(7-5-11)17-15(14(19)20)8-10-18-9-2-1-3-13(15)18/h4-7,13,17H,1-3,8-10H2,(H,19,20). The maximum Gasteiger partial charge on any atom is 0.331 e. The molecule has 0 saturated carbocycles. The van der Waals surface area contributed by atoms with Gasteiger partial charge in [0.05, 0.1) is 0 Å². The van der Waals surface area contributed by atoms with E-state index in [1.54, 1.807) is 0 Å². The van der Waals surface area contributed by atoms with Gasteiger partial charge in [-0.3, -0.25) is 4.90 Å². The molecule has 0 radical (unpaired) electrons. The molecule has 2 atom stereocenters. The smallest absolute Gasteiger partial charge is 0.331 e. The lowest BCUT2D eigenvalue weighted by molar-refractivity contribution is -0.143. The van der Waals surface area contributed by atoms with E-state index in [1.807, 2.05) is 24.3 Å². The summed E-state index contributed by atoms with van der Waals surface area (Å²) in [4.78, 5) is 14.3. The van der Waals surface area contributed by atoms with Crippen molar-refractivity contribution in [1.82, 2.24) is 4.90 Å². The van der Waals surface area contributed by atoms with Crippen molar-refractivity contribution >= 4 is 27.6 Å². The fourth-order valence-electron chi connectivity index (χ4n) is 3.54. The molecule has 5 heteroatoms. The largest absolute Gasteiger partial charge is 0.479 e. The lowest BCUT2D eigenvalue weighted by atomic mass is 9.85. The predicted octanol–water partition coefficient (Wildman–Crippen LogP) is 2.94. The molecule has 2 N–H and O–H groups in total.